The van der Waals surface area contributed by atoms with Crippen molar-refractivity contribution in [2.24, 2.45) is 11.8 Å². The van der Waals surface area contributed by atoms with Gasteiger partial charge in [-0.1, -0.05) is 6.08 Å². The summed E-state index contributed by atoms with van der Waals surface area (Å²) >= 11 is 0. The maximum atomic E-state index is 12.3. The first kappa shape index (κ1) is 11.3. The Morgan fingerprint density at radius 2 is 1.67 bits per heavy atom. The van der Waals surface area contributed by atoms with Crippen LogP contribution in [0.15, 0.2) is 35.8 Å². The molecule has 0 spiro atoms. The van der Waals surface area contributed by atoms with Gasteiger partial charge in [0.15, 0.2) is 23.8 Å². The minimum absolute atomic E-state index is 0.0581. The summed E-state index contributed by atoms with van der Waals surface area (Å²) in [6.45, 7) is 3.62. The Bertz CT molecular complexity index is 512. The van der Waals surface area contributed by atoms with Crippen LogP contribution in [0.5, 0.6) is 0 Å². The van der Waals surface area contributed by atoms with E-state index in [1.54, 1.807) is 25.2 Å². The number of carbonyl (C=O) groups excluding carboxylic acids is 2. The highest BCUT2D eigenvalue weighted by atomic mass is 16.5. The molecule has 0 aromatic carbocycles. The fraction of sp³-hybridized carbons (Fsp3) is 0.429. The molecule has 4 heteroatoms. The third kappa shape index (κ3) is 1.45. The normalized spacial score (nSPS) is 37.9. The molecular formula is C14H14O4. The van der Waals surface area contributed by atoms with Gasteiger partial charge in [-0.25, -0.2) is 0 Å². The van der Waals surface area contributed by atoms with E-state index in [2.05, 4.69) is 0 Å². The van der Waals surface area contributed by atoms with Gasteiger partial charge in [0.25, 0.3) is 0 Å². The number of ether oxygens (including phenoxy) is 2. The molecular weight excluding hydrogens is 232 g/mol. The molecule has 18 heavy (non-hydrogen) atoms. The van der Waals surface area contributed by atoms with Crippen LogP contribution in [-0.4, -0.2) is 23.8 Å². The van der Waals surface area contributed by atoms with Crippen LogP contribution in [0.2, 0.25) is 0 Å². The van der Waals surface area contributed by atoms with Crippen molar-refractivity contribution in [3.05, 3.63) is 35.8 Å². The first-order valence-electron chi connectivity index (χ1n) is 6.05. The molecule has 2 aliphatic heterocycles. The van der Waals surface area contributed by atoms with Crippen molar-refractivity contribution >= 4 is 11.6 Å². The largest absolute Gasteiger partial charge is 0.486 e. The third-order valence-electron chi connectivity index (χ3n) is 3.54. The van der Waals surface area contributed by atoms with Gasteiger partial charge in [-0.15, -0.1) is 0 Å². The molecule has 3 aliphatic rings. The SMILES string of the molecule is C/C=C/C1=CC2C(=O)C3OC(C)=CC3C(=O)C2O1. The average Bonchev–Trinajstić information content (AvgIpc) is 2.91. The maximum absolute atomic E-state index is 12.3. The first-order chi connectivity index (χ1) is 8.61. The lowest BCUT2D eigenvalue weighted by atomic mass is 9.77. The molecule has 0 saturated heterocycles. The lowest BCUT2D eigenvalue weighted by Crippen LogP contribution is -2.50. The topological polar surface area (TPSA) is 52.6 Å². The number of allylic oxidation sites excluding steroid dienone is 3. The van der Waals surface area contributed by atoms with Gasteiger partial charge in [0.05, 0.1) is 17.6 Å². The number of rotatable bonds is 1. The van der Waals surface area contributed by atoms with Crippen molar-refractivity contribution in [3.63, 3.8) is 0 Å². The molecule has 94 valence electrons. The number of hydrogen-bond acceptors (Lipinski definition) is 4. The Kier molecular flexibility index (Phi) is 2.40. The lowest BCUT2D eigenvalue weighted by Gasteiger charge is -2.29. The summed E-state index contributed by atoms with van der Waals surface area (Å²) in [6.07, 6.45) is 5.70. The van der Waals surface area contributed by atoms with Gasteiger partial charge >= 0.3 is 0 Å². The van der Waals surface area contributed by atoms with E-state index in [0.717, 1.165) is 0 Å². The molecule has 2 heterocycles. The van der Waals surface area contributed by atoms with Gasteiger partial charge in [-0.05, 0) is 32.1 Å². The Morgan fingerprint density at radius 3 is 2.33 bits per heavy atom. The molecule has 0 N–H and O–H groups in total. The van der Waals surface area contributed by atoms with Crippen LogP contribution >= 0.6 is 0 Å². The molecule has 4 atom stereocenters. The van der Waals surface area contributed by atoms with E-state index in [0.29, 0.717) is 11.5 Å². The van der Waals surface area contributed by atoms with Gasteiger partial charge in [0, 0.05) is 0 Å². The van der Waals surface area contributed by atoms with E-state index in [-0.39, 0.29) is 11.6 Å². The summed E-state index contributed by atoms with van der Waals surface area (Å²) in [5, 5.41) is 0. The minimum atomic E-state index is -0.671. The van der Waals surface area contributed by atoms with Crippen LogP contribution in [0.4, 0.5) is 0 Å². The monoisotopic (exact) mass is 246 g/mol. The zero-order chi connectivity index (χ0) is 12.9. The van der Waals surface area contributed by atoms with Gasteiger partial charge in [-0.2, -0.15) is 0 Å². The number of ketones is 2. The summed E-state index contributed by atoms with van der Waals surface area (Å²) in [7, 11) is 0. The van der Waals surface area contributed by atoms with Crippen LogP contribution < -0.4 is 0 Å². The zero-order valence-corrected chi connectivity index (χ0v) is 10.3. The Labute approximate surface area is 105 Å². The Hall–Kier alpha value is -1.84. The molecule has 1 fully saturated rings. The minimum Gasteiger partial charge on any atom is -0.486 e. The predicted octanol–water partition coefficient (Wildman–Crippen LogP) is 1.53. The van der Waals surface area contributed by atoms with Crippen molar-refractivity contribution < 1.29 is 19.1 Å². The Morgan fingerprint density at radius 1 is 1.06 bits per heavy atom. The molecule has 0 amide bonds. The van der Waals surface area contributed by atoms with Crippen molar-refractivity contribution in [2.75, 3.05) is 0 Å². The fourth-order valence-electron chi connectivity index (χ4n) is 2.75. The first-order valence-corrected chi connectivity index (χ1v) is 6.05. The van der Waals surface area contributed by atoms with E-state index in [1.165, 1.54) is 0 Å². The van der Waals surface area contributed by atoms with Crippen molar-refractivity contribution in [3.8, 4) is 0 Å². The van der Waals surface area contributed by atoms with Gasteiger partial charge in [-0.3, -0.25) is 9.59 Å². The highest BCUT2D eigenvalue weighted by Gasteiger charge is 2.54. The quantitative estimate of drug-likeness (QED) is 0.704. The highest BCUT2D eigenvalue weighted by Crippen LogP contribution is 2.39. The molecule has 4 unspecified atom stereocenters. The smallest absolute Gasteiger partial charge is 0.185 e. The van der Waals surface area contributed by atoms with Crippen LogP contribution in [0.25, 0.3) is 0 Å². The van der Waals surface area contributed by atoms with Crippen LogP contribution in [0.1, 0.15) is 13.8 Å². The molecule has 1 aliphatic carbocycles. The number of carbonyl (C=O) groups is 2. The second-order valence-electron chi connectivity index (χ2n) is 4.78. The van der Waals surface area contributed by atoms with E-state index >= 15 is 0 Å². The number of hydrogen-bond donors (Lipinski definition) is 0. The molecule has 1 saturated carbocycles. The molecule has 0 bridgehead atoms. The second-order valence-corrected chi connectivity index (χ2v) is 4.78. The zero-order valence-electron chi connectivity index (χ0n) is 10.3. The van der Waals surface area contributed by atoms with Crippen molar-refractivity contribution in [1.82, 2.24) is 0 Å². The summed E-state index contributed by atoms with van der Waals surface area (Å²) in [5.41, 5.74) is 0. The molecule has 0 aromatic heterocycles. The number of Topliss-reactive ketones (excluding diaryl/α,β-unsaturated/α-hetero) is 2. The second kappa shape index (κ2) is 3.83. The van der Waals surface area contributed by atoms with Gasteiger partial charge in [0.1, 0.15) is 5.76 Å². The molecule has 3 rings (SSSR count). The van der Waals surface area contributed by atoms with Crippen LogP contribution in [0, 0.1) is 11.8 Å². The average molecular weight is 246 g/mol. The van der Waals surface area contributed by atoms with E-state index in [1.807, 2.05) is 13.0 Å². The standard InChI is InChI=1S/C14H14O4/c1-3-4-8-6-10-12(16)13-9(5-7(2)17-13)11(15)14(10)18-8/h3-6,9-10,13-14H,1-2H3/b4-3+. The predicted molar refractivity (Wildman–Crippen MR) is 63.4 cm³/mol. The molecule has 0 aromatic rings. The summed E-state index contributed by atoms with van der Waals surface area (Å²) < 4.78 is 11.0. The van der Waals surface area contributed by atoms with Crippen LogP contribution in [0.3, 0.4) is 0 Å². The maximum Gasteiger partial charge on any atom is 0.185 e. The lowest BCUT2D eigenvalue weighted by molar-refractivity contribution is -0.151. The summed E-state index contributed by atoms with van der Waals surface area (Å²) in [6, 6.07) is 0. The Balaban J connectivity index is 1.93. The molecule has 4 nitrogen and oxygen atoms in total. The summed E-state index contributed by atoms with van der Waals surface area (Å²) in [4.78, 5) is 24.5. The van der Waals surface area contributed by atoms with Crippen molar-refractivity contribution in [1.29, 1.82) is 0 Å². The van der Waals surface area contributed by atoms with E-state index < -0.39 is 24.0 Å². The highest BCUT2D eigenvalue weighted by molar-refractivity contribution is 6.05. The summed E-state index contributed by atoms with van der Waals surface area (Å²) in [5.74, 6) is 0.148. The van der Waals surface area contributed by atoms with Gasteiger partial charge in [0.2, 0.25) is 0 Å². The fourth-order valence-corrected chi connectivity index (χ4v) is 2.75. The number of fused-ring (bicyclic) bond motifs is 2. The van der Waals surface area contributed by atoms with E-state index in [4.69, 9.17) is 9.47 Å². The van der Waals surface area contributed by atoms with Crippen molar-refractivity contribution in [2.45, 2.75) is 26.1 Å². The molecule has 0 radical (unpaired) electrons. The van der Waals surface area contributed by atoms with Gasteiger partial charge < -0.3 is 9.47 Å². The van der Waals surface area contributed by atoms with E-state index in [9.17, 15) is 9.59 Å². The van der Waals surface area contributed by atoms with Crippen LogP contribution in [-0.2, 0) is 19.1 Å². The third-order valence-corrected chi connectivity index (χ3v) is 3.54.